The second-order valence-electron chi connectivity index (χ2n) is 4.33. The minimum atomic E-state index is 0.469. The van der Waals surface area contributed by atoms with Crippen molar-refractivity contribution in [1.82, 2.24) is 5.16 Å². The maximum absolute atomic E-state index is 5.72. The molecule has 1 heterocycles. The number of nitrogens with two attached hydrogens (primary N) is 1. The van der Waals surface area contributed by atoms with Crippen LogP contribution >= 0.6 is 0 Å². The van der Waals surface area contributed by atoms with Crippen LogP contribution in [0.1, 0.15) is 17.0 Å². The summed E-state index contributed by atoms with van der Waals surface area (Å²) in [5, 5.41) is 7.10. The van der Waals surface area contributed by atoms with E-state index in [2.05, 4.69) is 10.5 Å². The molecule has 0 radical (unpaired) electrons. The van der Waals surface area contributed by atoms with Gasteiger partial charge in [-0.05, 0) is 38.1 Å². The lowest BCUT2D eigenvalue weighted by Gasteiger charge is -2.08. The Morgan fingerprint density at radius 2 is 2.00 bits per heavy atom. The van der Waals surface area contributed by atoms with Crippen LogP contribution in [0, 0.1) is 13.8 Å². The molecule has 0 bridgehead atoms. The maximum atomic E-state index is 5.72. The van der Waals surface area contributed by atoms with Crippen molar-refractivity contribution in [1.29, 1.82) is 0 Å². The fraction of sp³-hybridized carbons (Fsp3) is 0.357. The first kappa shape index (κ1) is 13.4. The van der Waals surface area contributed by atoms with E-state index in [1.54, 1.807) is 0 Å². The van der Waals surface area contributed by atoms with Crippen LogP contribution in [0.5, 0.6) is 5.75 Å². The molecule has 1 aromatic heterocycles. The van der Waals surface area contributed by atoms with Crippen LogP contribution in [0.25, 0.3) is 0 Å². The molecule has 5 nitrogen and oxygen atoms in total. The van der Waals surface area contributed by atoms with Gasteiger partial charge < -0.3 is 20.3 Å². The van der Waals surface area contributed by atoms with Crippen molar-refractivity contribution >= 4 is 5.69 Å². The summed E-state index contributed by atoms with van der Waals surface area (Å²) in [5.74, 6) is 1.62. The van der Waals surface area contributed by atoms with Crippen molar-refractivity contribution in [3.05, 3.63) is 41.3 Å². The van der Waals surface area contributed by atoms with Gasteiger partial charge in [0.1, 0.15) is 18.1 Å². The zero-order valence-corrected chi connectivity index (χ0v) is 11.3. The summed E-state index contributed by atoms with van der Waals surface area (Å²) < 4.78 is 10.8. The Balaban J connectivity index is 1.93. The van der Waals surface area contributed by atoms with Crippen molar-refractivity contribution in [2.75, 3.05) is 18.4 Å². The normalized spacial score (nSPS) is 10.5. The van der Waals surface area contributed by atoms with Crippen LogP contribution in [-0.2, 0) is 6.61 Å². The molecular formula is C14H19N3O2. The number of ether oxygens (including phenoxy) is 1. The SMILES string of the molecule is Cc1noc(C)c1COc1ccc(NCCN)cc1. The Morgan fingerprint density at radius 1 is 1.26 bits per heavy atom. The second-order valence-corrected chi connectivity index (χ2v) is 4.33. The molecule has 5 heteroatoms. The van der Waals surface area contributed by atoms with Gasteiger partial charge in [0, 0.05) is 18.8 Å². The predicted molar refractivity (Wildman–Crippen MR) is 74.3 cm³/mol. The summed E-state index contributed by atoms with van der Waals surface area (Å²) in [7, 11) is 0. The highest BCUT2D eigenvalue weighted by molar-refractivity contribution is 5.46. The van der Waals surface area contributed by atoms with Crippen LogP contribution in [0.15, 0.2) is 28.8 Å². The van der Waals surface area contributed by atoms with Crippen LogP contribution in [0.3, 0.4) is 0 Å². The first-order valence-corrected chi connectivity index (χ1v) is 6.29. The lowest BCUT2D eigenvalue weighted by Crippen LogP contribution is -2.12. The number of nitrogens with one attached hydrogen (secondary N) is 1. The zero-order valence-electron chi connectivity index (χ0n) is 11.3. The van der Waals surface area contributed by atoms with E-state index in [9.17, 15) is 0 Å². The van der Waals surface area contributed by atoms with Gasteiger partial charge in [-0.15, -0.1) is 0 Å². The highest BCUT2D eigenvalue weighted by Crippen LogP contribution is 2.19. The quantitative estimate of drug-likeness (QED) is 0.834. The van der Waals surface area contributed by atoms with Crippen molar-refractivity contribution < 1.29 is 9.26 Å². The maximum Gasteiger partial charge on any atom is 0.140 e. The van der Waals surface area contributed by atoms with Crippen molar-refractivity contribution in [3.63, 3.8) is 0 Å². The van der Waals surface area contributed by atoms with Crippen LogP contribution < -0.4 is 15.8 Å². The highest BCUT2D eigenvalue weighted by Gasteiger charge is 2.09. The van der Waals surface area contributed by atoms with E-state index in [0.717, 1.165) is 35.0 Å². The van der Waals surface area contributed by atoms with Gasteiger partial charge in [-0.3, -0.25) is 0 Å². The summed E-state index contributed by atoms with van der Waals surface area (Å²) in [4.78, 5) is 0. The molecular weight excluding hydrogens is 242 g/mol. The van der Waals surface area contributed by atoms with Crippen LogP contribution in [0.2, 0.25) is 0 Å². The molecule has 0 aliphatic carbocycles. The number of benzene rings is 1. The summed E-state index contributed by atoms with van der Waals surface area (Å²) in [6.07, 6.45) is 0. The Hall–Kier alpha value is -2.01. The van der Waals surface area contributed by atoms with Gasteiger partial charge in [-0.25, -0.2) is 0 Å². The molecule has 0 aliphatic heterocycles. The number of nitrogens with zero attached hydrogens (tertiary/aromatic N) is 1. The Labute approximate surface area is 112 Å². The first-order chi connectivity index (χ1) is 9.20. The van der Waals surface area contributed by atoms with E-state index in [-0.39, 0.29) is 0 Å². The number of hydrogen-bond donors (Lipinski definition) is 2. The Kier molecular flexibility index (Phi) is 4.41. The lowest BCUT2D eigenvalue weighted by molar-refractivity contribution is 0.302. The van der Waals surface area contributed by atoms with Gasteiger partial charge in [0.05, 0.1) is 11.3 Å². The Morgan fingerprint density at radius 3 is 2.58 bits per heavy atom. The van der Waals surface area contributed by atoms with E-state index >= 15 is 0 Å². The van der Waals surface area contributed by atoms with E-state index in [4.69, 9.17) is 15.0 Å². The van der Waals surface area contributed by atoms with Gasteiger partial charge in [-0.1, -0.05) is 5.16 Å². The number of aromatic nitrogens is 1. The Bertz CT molecular complexity index is 500. The van der Waals surface area contributed by atoms with Gasteiger partial charge in [0.15, 0.2) is 0 Å². The molecule has 0 fully saturated rings. The zero-order chi connectivity index (χ0) is 13.7. The fourth-order valence-electron chi connectivity index (χ4n) is 1.75. The van der Waals surface area contributed by atoms with Gasteiger partial charge in [0.2, 0.25) is 0 Å². The minimum absolute atomic E-state index is 0.469. The molecule has 2 rings (SSSR count). The molecule has 0 atom stereocenters. The summed E-state index contributed by atoms with van der Waals surface area (Å²) in [5.41, 5.74) is 8.35. The minimum Gasteiger partial charge on any atom is -0.489 e. The van der Waals surface area contributed by atoms with E-state index < -0.39 is 0 Å². The van der Waals surface area contributed by atoms with Gasteiger partial charge >= 0.3 is 0 Å². The molecule has 0 spiro atoms. The molecule has 2 aromatic rings. The predicted octanol–water partition coefficient (Wildman–Crippen LogP) is 2.24. The van der Waals surface area contributed by atoms with E-state index in [0.29, 0.717) is 13.2 Å². The van der Waals surface area contributed by atoms with Gasteiger partial charge in [0.25, 0.3) is 0 Å². The average Bonchev–Trinajstić information content (AvgIpc) is 2.75. The molecule has 3 N–H and O–H groups in total. The number of hydrogen-bond acceptors (Lipinski definition) is 5. The summed E-state index contributed by atoms with van der Waals surface area (Å²) in [6.45, 7) is 5.65. The molecule has 102 valence electrons. The molecule has 1 aromatic carbocycles. The molecule has 0 saturated heterocycles. The third kappa shape index (κ3) is 3.48. The molecule has 0 unspecified atom stereocenters. The van der Waals surface area contributed by atoms with Crippen molar-refractivity contribution in [2.45, 2.75) is 20.5 Å². The largest absolute Gasteiger partial charge is 0.489 e. The number of anilines is 1. The third-order valence-electron chi connectivity index (χ3n) is 2.89. The number of rotatable bonds is 6. The van der Waals surface area contributed by atoms with Crippen LogP contribution in [-0.4, -0.2) is 18.2 Å². The molecule has 0 amide bonds. The number of aryl methyl sites for hydroxylation is 2. The highest BCUT2D eigenvalue weighted by atomic mass is 16.5. The fourth-order valence-corrected chi connectivity index (χ4v) is 1.75. The average molecular weight is 261 g/mol. The topological polar surface area (TPSA) is 73.3 Å². The standard InChI is InChI=1S/C14H19N3O2/c1-10-14(11(2)19-17-10)9-18-13-5-3-12(4-6-13)16-8-7-15/h3-6,16H,7-9,15H2,1-2H3. The van der Waals surface area contributed by atoms with Crippen molar-refractivity contribution in [2.24, 2.45) is 5.73 Å². The molecule has 0 aliphatic rings. The second kappa shape index (κ2) is 6.24. The first-order valence-electron chi connectivity index (χ1n) is 6.29. The third-order valence-corrected chi connectivity index (χ3v) is 2.89. The van der Waals surface area contributed by atoms with Crippen molar-refractivity contribution in [3.8, 4) is 5.75 Å². The smallest absolute Gasteiger partial charge is 0.140 e. The molecule has 19 heavy (non-hydrogen) atoms. The monoisotopic (exact) mass is 261 g/mol. The lowest BCUT2D eigenvalue weighted by atomic mass is 10.2. The summed E-state index contributed by atoms with van der Waals surface area (Å²) in [6, 6.07) is 7.80. The van der Waals surface area contributed by atoms with Gasteiger partial charge in [-0.2, -0.15) is 0 Å². The summed E-state index contributed by atoms with van der Waals surface area (Å²) >= 11 is 0. The van der Waals surface area contributed by atoms with E-state index in [1.165, 1.54) is 0 Å². The van der Waals surface area contributed by atoms with Crippen LogP contribution in [0.4, 0.5) is 5.69 Å². The molecule has 0 saturated carbocycles. The van der Waals surface area contributed by atoms with E-state index in [1.807, 2.05) is 38.1 Å².